The molecule has 1 heteroatoms. The molecule has 0 atom stereocenters. The summed E-state index contributed by atoms with van der Waals surface area (Å²) in [5, 5.41) is 5.08. The Morgan fingerprint density at radius 2 is 1.00 bits per heavy atom. The fourth-order valence-corrected chi connectivity index (χ4v) is 7.80. The van der Waals surface area contributed by atoms with Crippen LogP contribution in [-0.4, -0.2) is 0 Å². The average Bonchev–Trinajstić information content (AvgIpc) is 3.37. The van der Waals surface area contributed by atoms with Gasteiger partial charge >= 0.3 is 0 Å². The molecule has 0 saturated heterocycles. The topological polar surface area (TPSA) is 3.24 Å². The predicted molar refractivity (Wildman–Crippen MR) is 205 cm³/mol. The van der Waals surface area contributed by atoms with Gasteiger partial charge < -0.3 is 4.90 Å². The van der Waals surface area contributed by atoms with Gasteiger partial charge in [0.1, 0.15) is 0 Å². The van der Waals surface area contributed by atoms with Gasteiger partial charge in [-0.3, -0.25) is 0 Å². The third kappa shape index (κ3) is 4.54. The number of hydrogen-bond donors (Lipinski definition) is 0. The van der Waals surface area contributed by atoms with E-state index in [1.54, 1.807) is 0 Å². The second-order valence-corrected chi connectivity index (χ2v) is 13.4. The van der Waals surface area contributed by atoms with Crippen LogP contribution in [0.1, 0.15) is 25.0 Å². The van der Waals surface area contributed by atoms with Crippen LogP contribution in [0, 0.1) is 0 Å². The van der Waals surface area contributed by atoms with Crippen molar-refractivity contribution in [3.8, 4) is 33.4 Å². The van der Waals surface area contributed by atoms with Crippen LogP contribution in [-0.2, 0) is 5.41 Å². The van der Waals surface area contributed by atoms with Gasteiger partial charge in [-0.15, -0.1) is 0 Å². The smallest absolute Gasteiger partial charge is 0.0540 e. The van der Waals surface area contributed by atoms with E-state index < -0.39 is 0 Å². The molecular weight excluding hydrogens is 579 g/mol. The van der Waals surface area contributed by atoms with Gasteiger partial charge in [-0.1, -0.05) is 141 Å². The van der Waals surface area contributed by atoms with Crippen LogP contribution in [0.4, 0.5) is 17.1 Å². The fourth-order valence-electron chi connectivity index (χ4n) is 7.80. The van der Waals surface area contributed by atoms with E-state index in [-0.39, 0.29) is 5.41 Å². The van der Waals surface area contributed by atoms with Gasteiger partial charge in [0.25, 0.3) is 0 Å². The van der Waals surface area contributed by atoms with Crippen molar-refractivity contribution < 1.29 is 0 Å². The van der Waals surface area contributed by atoms with Crippen LogP contribution in [0.3, 0.4) is 0 Å². The third-order valence-electron chi connectivity index (χ3n) is 10.2. The van der Waals surface area contributed by atoms with E-state index in [1.165, 1.54) is 71.7 Å². The van der Waals surface area contributed by atoms with Gasteiger partial charge in [0.05, 0.1) is 5.69 Å². The molecule has 0 N–H and O–H groups in total. The zero-order valence-corrected chi connectivity index (χ0v) is 27.2. The molecule has 48 heavy (non-hydrogen) atoms. The first-order valence-electron chi connectivity index (χ1n) is 16.8. The second kappa shape index (κ2) is 11.1. The molecule has 0 amide bonds. The molecule has 1 nitrogen and oxygen atoms in total. The summed E-state index contributed by atoms with van der Waals surface area (Å²) in [6, 6.07) is 64.3. The average molecular weight is 614 g/mol. The van der Waals surface area contributed by atoms with Crippen molar-refractivity contribution in [3.63, 3.8) is 0 Å². The number of rotatable bonds is 5. The summed E-state index contributed by atoms with van der Waals surface area (Å²) >= 11 is 0. The minimum atomic E-state index is -0.0474. The highest BCUT2D eigenvalue weighted by molar-refractivity contribution is 6.14. The maximum absolute atomic E-state index is 2.46. The molecule has 0 radical (unpaired) electrons. The molecule has 8 aromatic carbocycles. The Kier molecular flexibility index (Phi) is 6.55. The molecule has 0 bridgehead atoms. The quantitative estimate of drug-likeness (QED) is 0.175. The van der Waals surface area contributed by atoms with E-state index >= 15 is 0 Å². The molecule has 0 aromatic heterocycles. The van der Waals surface area contributed by atoms with Crippen LogP contribution in [0.5, 0.6) is 0 Å². The molecule has 228 valence electrons. The zero-order valence-electron chi connectivity index (χ0n) is 27.2. The summed E-state index contributed by atoms with van der Waals surface area (Å²) in [4.78, 5) is 2.41. The number of hydrogen-bond acceptors (Lipinski definition) is 1. The van der Waals surface area contributed by atoms with Gasteiger partial charge in [-0.2, -0.15) is 0 Å². The molecule has 8 aromatic rings. The first kappa shape index (κ1) is 28.3. The highest BCUT2D eigenvalue weighted by Crippen LogP contribution is 2.51. The normalized spacial score (nSPS) is 13.0. The van der Waals surface area contributed by atoms with Gasteiger partial charge in [-0.25, -0.2) is 0 Å². The Morgan fingerprint density at radius 3 is 1.81 bits per heavy atom. The number of benzene rings is 8. The highest BCUT2D eigenvalue weighted by atomic mass is 15.1. The monoisotopic (exact) mass is 613 g/mol. The molecule has 0 heterocycles. The second-order valence-electron chi connectivity index (χ2n) is 13.4. The molecule has 0 aliphatic heterocycles. The maximum atomic E-state index is 2.46. The fraction of sp³-hybridized carbons (Fsp3) is 0.0638. The van der Waals surface area contributed by atoms with Crippen LogP contribution in [0.15, 0.2) is 176 Å². The van der Waals surface area contributed by atoms with Crippen molar-refractivity contribution in [2.75, 3.05) is 4.90 Å². The van der Waals surface area contributed by atoms with E-state index in [0.29, 0.717) is 0 Å². The number of fused-ring (bicyclic) bond motifs is 6. The van der Waals surface area contributed by atoms with Crippen molar-refractivity contribution >= 4 is 38.6 Å². The Labute approximate surface area is 282 Å². The molecule has 0 saturated carbocycles. The summed E-state index contributed by atoms with van der Waals surface area (Å²) in [5.41, 5.74) is 13.7. The Bertz CT molecular complexity index is 2470. The lowest BCUT2D eigenvalue weighted by Crippen LogP contribution is -2.14. The van der Waals surface area contributed by atoms with Crippen molar-refractivity contribution in [2.24, 2.45) is 0 Å². The first-order valence-corrected chi connectivity index (χ1v) is 16.8. The zero-order chi connectivity index (χ0) is 32.2. The standard InChI is InChI=1S/C47H35N/c1-47(2)44-24-10-9-22-40(44)43-30-36-26-27-41-39(42(36)31-45(43)47)23-13-25-46(41)48(37-19-7-4-8-20-37)38-21-12-18-35(29-38)34-17-11-16-33(28-34)32-14-5-3-6-15-32/h3-31H,1-2H3. The lowest BCUT2D eigenvalue weighted by molar-refractivity contribution is 0.661. The summed E-state index contributed by atoms with van der Waals surface area (Å²) in [6.07, 6.45) is 0. The Balaban J connectivity index is 1.21. The highest BCUT2D eigenvalue weighted by Gasteiger charge is 2.35. The molecule has 0 fully saturated rings. The first-order chi connectivity index (χ1) is 23.6. The van der Waals surface area contributed by atoms with E-state index in [9.17, 15) is 0 Å². The lowest BCUT2D eigenvalue weighted by atomic mass is 9.81. The van der Waals surface area contributed by atoms with E-state index in [4.69, 9.17) is 0 Å². The Hall–Kier alpha value is -5.92. The maximum Gasteiger partial charge on any atom is 0.0540 e. The summed E-state index contributed by atoms with van der Waals surface area (Å²) < 4.78 is 0. The molecule has 0 spiro atoms. The predicted octanol–water partition coefficient (Wildman–Crippen LogP) is 13.1. The largest absolute Gasteiger partial charge is 0.310 e. The SMILES string of the molecule is CC1(C)c2ccccc2-c2cc3ccc4c(N(c5ccccc5)c5cccc(-c6cccc(-c7ccccc7)c6)c5)cccc4c3cc21. The van der Waals surface area contributed by atoms with Gasteiger partial charge in [0.2, 0.25) is 0 Å². The molecule has 0 unspecified atom stereocenters. The van der Waals surface area contributed by atoms with Crippen LogP contribution in [0.25, 0.3) is 54.9 Å². The van der Waals surface area contributed by atoms with Crippen LogP contribution >= 0.6 is 0 Å². The van der Waals surface area contributed by atoms with Crippen LogP contribution < -0.4 is 4.90 Å². The number of para-hydroxylation sites is 1. The van der Waals surface area contributed by atoms with Gasteiger partial charge in [-0.05, 0) is 109 Å². The molecule has 1 aliphatic rings. The third-order valence-corrected chi connectivity index (χ3v) is 10.2. The summed E-state index contributed by atoms with van der Waals surface area (Å²) in [6.45, 7) is 4.72. The van der Waals surface area contributed by atoms with Crippen molar-refractivity contribution in [1.82, 2.24) is 0 Å². The number of nitrogens with zero attached hydrogens (tertiary/aromatic N) is 1. The van der Waals surface area contributed by atoms with Crippen molar-refractivity contribution in [3.05, 3.63) is 187 Å². The molecule has 1 aliphatic carbocycles. The molecular formula is C47H35N. The van der Waals surface area contributed by atoms with Crippen molar-refractivity contribution in [2.45, 2.75) is 19.3 Å². The van der Waals surface area contributed by atoms with Gasteiger partial charge in [0.15, 0.2) is 0 Å². The molecule has 9 rings (SSSR count). The minimum absolute atomic E-state index is 0.0474. The van der Waals surface area contributed by atoms with E-state index in [2.05, 4.69) is 195 Å². The van der Waals surface area contributed by atoms with Gasteiger partial charge in [0, 0.05) is 22.2 Å². The van der Waals surface area contributed by atoms with Crippen molar-refractivity contribution in [1.29, 1.82) is 0 Å². The van der Waals surface area contributed by atoms with Crippen LogP contribution in [0.2, 0.25) is 0 Å². The summed E-state index contributed by atoms with van der Waals surface area (Å²) in [5.74, 6) is 0. The van der Waals surface area contributed by atoms with E-state index in [0.717, 1.165) is 11.4 Å². The van der Waals surface area contributed by atoms with E-state index in [1.807, 2.05) is 0 Å². The lowest BCUT2D eigenvalue weighted by Gasteiger charge is -2.28. The Morgan fingerprint density at radius 1 is 0.375 bits per heavy atom. The number of anilines is 3. The minimum Gasteiger partial charge on any atom is -0.310 e. The summed E-state index contributed by atoms with van der Waals surface area (Å²) in [7, 11) is 0.